The van der Waals surface area contributed by atoms with Crippen LogP contribution in [-0.4, -0.2) is 22.1 Å². The van der Waals surface area contributed by atoms with Gasteiger partial charge in [0.25, 0.3) is 0 Å². The molecule has 0 unspecified atom stereocenters. The van der Waals surface area contributed by atoms with E-state index in [0.717, 1.165) is 54.2 Å². The van der Waals surface area contributed by atoms with Gasteiger partial charge >= 0.3 is 0 Å². The Morgan fingerprint density at radius 3 is 2.61 bits per heavy atom. The summed E-state index contributed by atoms with van der Waals surface area (Å²) >= 11 is 9.73. The monoisotopic (exact) mass is 452 g/mol. The second kappa shape index (κ2) is 6.36. The molecule has 0 radical (unpaired) electrons. The molecule has 3 N–H and O–H groups in total. The Hall–Kier alpha value is -2.83. The first-order valence-corrected chi connectivity index (χ1v) is 9.73. The highest BCUT2D eigenvalue weighted by Crippen LogP contribution is 2.37. The Morgan fingerprint density at radius 1 is 1.00 bits per heavy atom. The summed E-state index contributed by atoms with van der Waals surface area (Å²) in [6.07, 6.45) is 0. The van der Waals surface area contributed by atoms with Gasteiger partial charge in [0.05, 0.1) is 22.8 Å². The summed E-state index contributed by atoms with van der Waals surface area (Å²) in [7, 11) is 1.64. The minimum absolute atomic E-state index is 0.221. The zero-order valence-electron chi connectivity index (χ0n) is 14.8. The van der Waals surface area contributed by atoms with Gasteiger partial charge in [-0.15, -0.1) is 0 Å². The van der Waals surface area contributed by atoms with E-state index in [4.69, 9.17) is 22.1 Å². The number of anilines is 1. The van der Waals surface area contributed by atoms with E-state index in [2.05, 4.69) is 36.9 Å². The molecular formula is C21H14BrClN4O. The van der Waals surface area contributed by atoms with Crippen LogP contribution in [0.2, 0.25) is 5.02 Å². The van der Waals surface area contributed by atoms with E-state index in [-0.39, 0.29) is 5.95 Å². The molecule has 5 rings (SSSR count). The van der Waals surface area contributed by atoms with Gasteiger partial charge in [0.2, 0.25) is 5.95 Å². The van der Waals surface area contributed by atoms with Crippen LogP contribution in [0.3, 0.4) is 0 Å². The Morgan fingerprint density at radius 2 is 1.82 bits per heavy atom. The zero-order chi connectivity index (χ0) is 19.4. The number of aromatic nitrogens is 3. The highest BCUT2D eigenvalue weighted by molar-refractivity contribution is 9.10. The number of hydrogen-bond donors (Lipinski definition) is 2. The quantitative estimate of drug-likeness (QED) is 0.347. The SMILES string of the molecule is COc1ccc(-c2nc(N)nc3c2ccc2c4cc(Cl)ccc4[nH]c23)cc1Br. The first-order valence-electron chi connectivity index (χ1n) is 8.56. The molecule has 0 aliphatic rings. The average Bonchev–Trinajstić information content (AvgIpc) is 3.05. The molecular weight excluding hydrogens is 440 g/mol. The van der Waals surface area contributed by atoms with Gasteiger partial charge in [-0.25, -0.2) is 9.97 Å². The van der Waals surface area contributed by atoms with Crippen LogP contribution in [0.4, 0.5) is 5.95 Å². The van der Waals surface area contributed by atoms with Crippen LogP contribution in [-0.2, 0) is 0 Å². The van der Waals surface area contributed by atoms with Gasteiger partial charge < -0.3 is 15.5 Å². The van der Waals surface area contributed by atoms with Crippen LogP contribution in [0.5, 0.6) is 5.75 Å². The fourth-order valence-electron chi connectivity index (χ4n) is 3.58. The van der Waals surface area contributed by atoms with Crippen molar-refractivity contribution >= 4 is 66.2 Å². The van der Waals surface area contributed by atoms with Gasteiger partial charge in [-0.2, -0.15) is 0 Å². The second-order valence-corrected chi connectivity index (χ2v) is 7.77. The molecule has 5 nitrogen and oxygen atoms in total. The van der Waals surface area contributed by atoms with Crippen LogP contribution in [0, 0.1) is 0 Å². The molecule has 0 amide bonds. The molecule has 0 aliphatic carbocycles. The number of H-pyrrole nitrogens is 1. The Bertz CT molecular complexity index is 1400. The maximum Gasteiger partial charge on any atom is 0.221 e. The molecule has 0 saturated heterocycles. The van der Waals surface area contributed by atoms with Crippen LogP contribution < -0.4 is 10.5 Å². The minimum atomic E-state index is 0.221. The number of nitrogens with one attached hydrogen (secondary N) is 1. The summed E-state index contributed by atoms with van der Waals surface area (Å²) in [5.41, 5.74) is 10.5. The number of nitrogens with zero attached hydrogens (tertiary/aromatic N) is 2. The molecule has 0 saturated carbocycles. The van der Waals surface area contributed by atoms with Crippen molar-refractivity contribution in [1.82, 2.24) is 15.0 Å². The van der Waals surface area contributed by atoms with E-state index in [1.54, 1.807) is 7.11 Å². The number of benzene rings is 3. The number of nitrogen functional groups attached to an aromatic ring is 1. The van der Waals surface area contributed by atoms with Crippen molar-refractivity contribution in [1.29, 1.82) is 0 Å². The first kappa shape index (κ1) is 17.3. The lowest BCUT2D eigenvalue weighted by Gasteiger charge is -2.10. The molecule has 0 bridgehead atoms. The number of methoxy groups -OCH3 is 1. The molecule has 2 heterocycles. The van der Waals surface area contributed by atoms with E-state index in [1.807, 2.05) is 42.5 Å². The molecule has 7 heteroatoms. The summed E-state index contributed by atoms with van der Waals surface area (Å²) < 4.78 is 6.17. The molecule has 0 atom stereocenters. The van der Waals surface area contributed by atoms with Crippen molar-refractivity contribution in [2.45, 2.75) is 0 Å². The van der Waals surface area contributed by atoms with Crippen molar-refractivity contribution in [3.8, 4) is 17.0 Å². The molecule has 0 spiro atoms. The molecule has 0 aliphatic heterocycles. The smallest absolute Gasteiger partial charge is 0.221 e. The van der Waals surface area contributed by atoms with Gasteiger partial charge in [0.15, 0.2) is 0 Å². The van der Waals surface area contributed by atoms with Crippen molar-refractivity contribution in [3.63, 3.8) is 0 Å². The fraction of sp³-hybridized carbons (Fsp3) is 0.0476. The third-order valence-corrected chi connectivity index (χ3v) is 5.70. The zero-order valence-corrected chi connectivity index (χ0v) is 17.1. The number of nitrogens with two attached hydrogens (primary N) is 1. The third kappa shape index (κ3) is 2.60. The number of halogens is 2. The number of aromatic amines is 1. The normalized spacial score (nSPS) is 11.5. The highest BCUT2D eigenvalue weighted by atomic mass is 79.9. The Labute approximate surface area is 173 Å². The van der Waals surface area contributed by atoms with Crippen LogP contribution in [0.15, 0.2) is 53.0 Å². The summed E-state index contributed by atoms with van der Waals surface area (Å²) in [5.74, 6) is 0.976. The molecule has 28 heavy (non-hydrogen) atoms. The van der Waals surface area contributed by atoms with Gasteiger partial charge in [0, 0.05) is 32.3 Å². The van der Waals surface area contributed by atoms with Crippen LogP contribution in [0.25, 0.3) is 44.0 Å². The van der Waals surface area contributed by atoms with E-state index >= 15 is 0 Å². The van der Waals surface area contributed by atoms with Crippen LogP contribution >= 0.6 is 27.5 Å². The summed E-state index contributed by atoms with van der Waals surface area (Å²) in [4.78, 5) is 12.5. The van der Waals surface area contributed by atoms with E-state index in [9.17, 15) is 0 Å². The lowest BCUT2D eigenvalue weighted by atomic mass is 10.0. The fourth-order valence-corrected chi connectivity index (χ4v) is 4.29. The molecule has 5 aromatic rings. The predicted octanol–water partition coefficient (Wildman–Crippen LogP) is 5.94. The van der Waals surface area contributed by atoms with Crippen molar-refractivity contribution in [3.05, 3.63) is 58.0 Å². The number of hydrogen-bond acceptors (Lipinski definition) is 4. The summed E-state index contributed by atoms with van der Waals surface area (Å²) in [6, 6.07) is 15.7. The van der Waals surface area contributed by atoms with Crippen molar-refractivity contribution < 1.29 is 4.74 Å². The largest absolute Gasteiger partial charge is 0.496 e. The highest BCUT2D eigenvalue weighted by Gasteiger charge is 2.15. The van der Waals surface area contributed by atoms with Gasteiger partial charge in [0.1, 0.15) is 11.3 Å². The van der Waals surface area contributed by atoms with Crippen LogP contribution in [0.1, 0.15) is 0 Å². The number of rotatable bonds is 2. The standard InChI is InChI=1S/C21H14BrClN4O/c1-28-17-7-2-10(8-15(17)22)18-13-5-4-12-14-9-11(23)3-6-16(14)25-19(12)20(13)27-21(24)26-18/h2-9,25H,1H3,(H2,24,26,27). The lowest BCUT2D eigenvalue weighted by molar-refractivity contribution is 0.412. The first-order chi connectivity index (χ1) is 13.5. The Kier molecular flexibility index (Phi) is 3.92. The number of ether oxygens (including phenoxy) is 1. The minimum Gasteiger partial charge on any atom is -0.496 e. The van der Waals surface area contributed by atoms with E-state index in [0.29, 0.717) is 5.02 Å². The van der Waals surface area contributed by atoms with Crippen molar-refractivity contribution in [2.75, 3.05) is 12.8 Å². The topological polar surface area (TPSA) is 76.8 Å². The van der Waals surface area contributed by atoms with Gasteiger partial charge in [-0.05, 0) is 58.4 Å². The molecule has 3 aromatic carbocycles. The van der Waals surface area contributed by atoms with E-state index < -0.39 is 0 Å². The Balaban J connectivity index is 1.85. The summed E-state index contributed by atoms with van der Waals surface area (Å²) in [5, 5.41) is 3.70. The molecule has 2 aromatic heterocycles. The molecule has 138 valence electrons. The third-order valence-electron chi connectivity index (χ3n) is 4.84. The maximum absolute atomic E-state index is 6.19. The molecule has 0 fully saturated rings. The van der Waals surface area contributed by atoms with E-state index in [1.165, 1.54) is 0 Å². The number of fused-ring (bicyclic) bond motifs is 5. The van der Waals surface area contributed by atoms with Gasteiger partial charge in [-0.1, -0.05) is 17.7 Å². The van der Waals surface area contributed by atoms with Gasteiger partial charge in [-0.3, -0.25) is 0 Å². The summed E-state index contributed by atoms with van der Waals surface area (Å²) in [6.45, 7) is 0. The lowest BCUT2D eigenvalue weighted by Crippen LogP contribution is -1.99. The van der Waals surface area contributed by atoms with Crippen molar-refractivity contribution in [2.24, 2.45) is 0 Å². The second-order valence-electron chi connectivity index (χ2n) is 6.48. The predicted molar refractivity (Wildman–Crippen MR) is 118 cm³/mol. The maximum atomic E-state index is 6.19. The average molecular weight is 454 g/mol.